The Kier molecular flexibility index (Phi) is 5.43. The van der Waals surface area contributed by atoms with Crippen molar-refractivity contribution >= 4 is 5.91 Å². The number of aryl methyl sites for hydroxylation is 2. The van der Waals surface area contributed by atoms with Gasteiger partial charge in [0.05, 0.1) is 6.54 Å². The molecule has 0 bridgehead atoms. The molecule has 2 aromatic rings. The minimum absolute atomic E-state index is 0.103. The van der Waals surface area contributed by atoms with Gasteiger partial charge in [0.25, 0.3) is 0 Å². The molecule has 0 spiro atoms. The van der Waals surface area contributed by atoms with Gasteiger partial charge < -0.3 is 19.1 Å². The van der Waals surface area contributed by atoms with Gasteiger partial charge in [-0.05, 0) is 42.7 Å². The van der Waals surface area contributed by atoms with Gasteiger partial charge in [0.1, 0.15) is 12.4 Å². The lowest BCUT2D eigenvalue weighted by atomic mass is 10.1. The molecular formula is C20H23NO4. The first kappa shape index (κ1) is 17.1. The maximum atomic E-state index is 12.3. The summed E-state index contributed by atoms with van der Waals surface area (Å²) in [4.78, 5) is 14.0. The molecule has 1 aliphatic heterocycles. The standard InChI is InChI=1S/C20H23NO4/c1-15-5-3-4-6-17(15)23-12-11-21(2)20(22)10-8-16-7-9-18-19(13-16)25-14-24-18/h3-7,9,13H,8,10-12,14H2,1-2H3. The normalized spacial score (nSPS) is 12.1. The van der Waals surface area contributed by atoms with Gasteiger partial charge in [0.15, 0.2) is 11.5 Å². The Hall–Kier alpha value is -2.69. The molecule has 0 atom stereocenters. The number of fused-ring (bicyclic) bond motifs is 1. The summed E-state index contributed by atoms with van der Waals surface area (Å²) in [7, 11) is 1.81. The summed E-state index contributed by atoms with van der Waals surface area (Å²) >= 11 is 0. The summed E-state index contributed by atoms with van der Waals surface area (Å²) in [5.41, 5.74) is 2.17. The van der Waals surface area contributed by atoms with E-state index in [0.717, 1.165) is 28.4 Å². The van der Waals surface area contributed by atoms with Crippen LogP contribution in [0.5, 0.6) is 17.2 Å². The van der Waals surface area contributed by atoms with Crippen LogP contribution in [0.3, 0.4) is 0 Å². The predicted octanol–water partition coefficient (Wildman–Crippen LogP) is 3.19. The highest BCUT2D eigenvalue weighted by molar-refractivity contribution is 5.76. The number of hydrogen-bond donors (Lipinski definition) is 0. The van der Waals surface area contributed by atoms with Crippen molar-refractivity contribution < 1.29 is 19.0 Å². The van der Waals surface area contributed by atoms with Gasteiger partial charge in [-0.2, -0.15) is 0 Å². The van der Waals surface area contributed by atoms with Crippen molar-refractivity contribution in [2.45, 2.75) is 19.8 Å². The third-order valence-electron chi connectivity index (χ3n) is 4.27. The van der Waals surface area contributed by atoms with Gasteiger partial charge in [0.2, 0.25) is 12.7 Å². The van der Waals surface area contributed by atoms with E-state index in [1.807, 2.05) is 56.4 Å². The smallest absolute Gasteiger partial charge is 0.231 e. The molecule has 0 saturated heterocycles. The van der Waals surface area contributed by atoms with E-state index < -0.39 is 0 Å². The molecule has 0 radical (unpaired) electrons. The molecule has 5 heteroatoms. The number of rotatable bonds is 7. The zero-order valence-corrected chi connectivity index (χ0v) is 14.7. The van der Waals surface area contributed by atoms with E-state index in [2.05, 4.69) is 0 Å². The first-order chi connectivity index (χ1) is 12.1. The van der Waals surface area contributed by atoms with Crippen LogP contribution in [0.2, 0.25) is 0 Å². The van der Waals surface area contributed by atoms with Gasteiger partial charge in [-0.15, -0.1) is 0 Å². The zero-order chi connectivity index (χ0) is 17.6. The summed E-state index contributed by atoms with van der Waals surface area (Å²) in [5.74, 6) is 2.49. The van der Waals surface area contributed by atoms with Crippen molar-refractivity contribution in [3.05, 3.63) is 53.6 Å². The Morgan fingerprint density at radius 2 is 1.96 bits per heavy atom. The van der Waals surface area contributed by atoms with Gasteiger partial charge in [0, 0.05) is 13.5 Å². The maximum Gasteiger partial charge on any atom is 0.231 e. The fourth-order valence-corrected chi connectivity index (χ4v) is 2.67. The summed E-state index contributed by atoms with van der Waals surface area (Å²) in [6, 6.07) is 13.7. The number of hydrogen-bond acceptors (Lipinski definition) is 4. The molecule has 2 aromatic carbocycles. The number of ether oxygens (including phenoxy) is 3. The van der Waals surface area contributed by atoms with E-state index in [1.165, 1.54) is 0 Å². The lowest BCUT2D eigenvalue weighted by Crippen LogP contribution is -2.31. The molecule has 1 aliphatic rings. The molecule has 25 heavy (non-hydrogen) atoms. The largest absolute Gasteiger partial charge is 0.491 e. The Morgan fingerprint density at radius 1 is 1.16 bits per heavy atom. The highest BCUT2D eigenvalue weighted by Crippen LogP contribution is 2.32. The molecule has 3 rings (SSSR count). The quantitative estimate of drug-likeness (QED) is 0.776. The van der Waals surface area contributed by atoms with Crippen LogP contribution >= 0.6 is 0 Å². The predicted molar refractivity (Wildman–Crippen MR) is 95.2 cm³/mol. The second-order valence-corrected chi connectivity index (χ2v) is 6.12. The van der Waals surface area contributed by atoms with Gasteiger partial charge in [-0.1, -0.05) is 24.3 Å². The Bertz CT molecular complexity index is 744. The Morgan fingerprint density at radius 3 is 2.80 bits per heavy atom. The van der Waals surface area contributed by atoms with Crippen LogP contribution in [-0.4, -0.2) is 37.8 Å². The molecule has 0 N–H and O–H groups in total. The first-order valence-electron chi connectivity index (χ1n) is 8.44. The van der Waals surface area contributed by atoms with Crippen LogP contribution in [-0.2, 0) is 11.2 Å². The number of benzene rings is 2. The van der Waals surface area contributed by atoms with Crippen molar-refractivity contribution in [1.29, 1.82) is 0 Å². The third kappa shape index (κ3) is 4.44. The van der Waals surface area contributed by atoms with Crippen LogP contribution in [0.4, 0.5) is 0 Å². The zero-order valence-electron chi connectivity index (χ0n) is 14.7. The second kappa shape index (κ2) is 7.92. The molecular weight excluding hydrogens is 318 g/mol. The van der Waals surface area contributed by atoms with Crippen molar-refractivity contribution in [3.63, 3.8) is 0 Å². The van der Waals surface area contributed by atoms with E-state index >= 15 is 0 Å². The first-order valence-corrected chi connectivity index (χ1v) is 8.44. The number of nitrogens with zero attached hydrogens (tertiary/aromatic N) is 1. The molecule has 0 aliphatic carbocycles. The average molecular weight is 341 g/mol. The van der Waals surface area contributed by atoms with Crippen LogP contribution in [0.15, 0.2) is 42.5 Å². The monoisotopic (exact) mass is 341 g/mol. The van der Waals surface area contributed by atoms with Crippen molar-refractivity contribution in [2.75, 3.05) is 27.0 Å². The molecule has 0 unspecified atom stereocenters. The number of carbonyl (C=O) groups excluding carboxylic acids is 1. The highest BCUT2D eigenvalue weighted by atomic mass is 16.7. The van der Waals surface area contributed by atoms with Crippen LogP contribution in [0, 0.1) is 6.92 Å². The van der Waals surface area contributed by atoms with Gasteiger partial charge >= 0.3 is 0 Å². The van der Waals surface area contributed by atoms with E-state index in [0.29, 0.717) is 26.0 Å². The van der Waals surface area contributed by atoms with Crippen molar-refractivity contribution in [1.82, 2.24) is 4.90 Å². The van der Waals surface area contributed by atoms with Crippen molar-refractivity contribution in [3.8, 4) is 17.2 Å². The van der Waals surface area contributed by atoms with E-state index in [4.69, 9.17) is 14.2 Å². The van der Waals surface area contributed by atoms with E-state index in [1.54, 1.807) is 4.90 Å². The van der Waals surface area contributed by atoms with Crippen molar-refractivity contribution in [2.24, 2.45) is 0 Å². The molecule has 5 nitrogen and oxygen atoms in total. The maximum absolute atomic E-state index is 12.3. The summed E-state index contributed by atoms with van der Waals surface area (Å²) in [5, 5.41) is 0. The average Bonchev–Trinajstić information content (AvgIpc) is 3.09. The minimum atomic E-state index is 0.103. The van der Waals surface area contributed by atoms with E-state index in [9.17, 15) is 4.79 Å². The van der Waals surface area contributed by atoms with Crippen LogP contribution < -0.4 is 14.2 Å². The van der Waals surface area contributed by atoms with Crippen LogP contribution in [0.1, 0.15) is 17.5 Å². The lowest BCUT2D eigenvalue weighted by Gasteiger charge is -2.18. The molecule has 1 amide bonds. The topological polar surface area (TPSA) is 48.0 Å². The second-order valence-electron chi connectivity index (χ2n) is 6.12. The summed E-state index contributed by atoms with van der Waals surface area (Å²) in [6.07, 6.45) is 1.14. The third-order valence-corrected chi connectivity index (χ3v) is 4.27. The number of amides is 1. The number of carbonyl (C=O) groups is 1. The van der Waals surface area contributed by atoms with E-state index in [-0.39, 0.29) is 12.7 Å². The molecule has 132 valence electrons. The fourth-order valence-electron chi connectivity index (χ4n) is 2.67. The number of likely N-dealkylation sites (N-methyl/N-ethyl adjacent to an activating group) is 1. The summed E-state index contributed by atoms with van der Waals surface area (Å²) < 4.78 is 16.4. The SMILES string of the molecule is Cc1ccccc1OCCN(C)C(=O)CCc1ccc2c(c1)OCO2. The fraction of sp³-hybridized carbons (Fsp3) is 0.350. The molecule has 0 fully saturated rings. The van der Waals surface area contributed by atoms with Crippen LogP contribution in [0.25, 0.3) is 0 Å². The Labute approximate surface area is 148 Å². The molecule has 0 aromatic heterocycles. The highest BCUT2D eigenvalue weighted by Gasteiger charge is 2.14. The number of para-hydroxylation sites is 1. The minimum Gasteiger partial charge on any atom is -0.491 e. The molecule has 0 saturated carbocycles. The Balaban J connectivity index is 1.42. The van der Waals surface area contributed by atoms with Gasteiger partial charge in [-0.25, -0.2) is 0 Å². The summed E-state index contributed by atoms with van der Waals surface area (Å²) in [6.45, 7) is 3.32. The molecule has 1 heterocycles. The lowest BCUT2D eigenvalue weighted by molar-refractivity contribution is -0.130. The van der Waals surface area contributed by atoms with Gasteiger partial charge in [-0.3, -0.25) is 4.79 Å².